The fourth-order valence-corrected chi connectivity index (χ4v) is 1.61. The van der Waals surface area contributed by atoms with E-state index in [9.17, 15) is 4.79 Å². The first kappa shape index (κ1) is 12.3. The molecule has 3 N–H and O–H groups in total. The van der Waals surface area contributed by atoms with Crippen molar-refractivity contribution >= 4 is 6.03 Å². The van der Waals surface area contributed by atoms with E-state index in [1.165, 1.54) is 6.42 Å². The zero-order chi connectivity index (χ0) is 11.1. The van der Waals surface area contributed by atoms with Gasteiger partial charge in [0.25, 0.3) is 0 Å². The minimum absolute atomic E-state index is 0.0995. The standard InChI is InChI=1S/C10H20N2O3/c1-15-10(4-2-5-10)8-12-9(14)11-6-3-7-13/h13H,2-8H2,1H3,(H2,11,12,14). The molecule has 15 heavy (non-hydrogen) atoms. The molecular weight excluding hydrogens is 196 g/mol. The highest BCUT2D eigenvalue weighted by atomic mass is 16.5. The second-order valence-corrected chi connectivity index (χ2v) is 3.93. The Morgan fingerprint density at radius 2 is 2.20 bits per heavy atom. The third-order valence-corrected chi connectivity index (χ3v) is 2.89. The fraction of sp³-hybridized carbons (Fsp3) is 0.900. The summed E-state index contributed by atoms with van der Waals surface area (Å²) >= 11 is 0. The Balaban J connectivity index is 2.10. The first-order valence-corrected chi connectivity index (χ1v) is 5.40. The number of methoxy groups -OCH3 is 1. The Labute approximate surface area is 90.2 Å². The third kappa shape index (κ3) is 3.68. The molecule has 0 saturated heterocycles. The summed E-state index contributed by atoms with van der Waals surface area (Å²) in [7, 11) is 1.69. The predicted molar refractivity (Wildman–Crippen MR) is 56.7 cm³/mol. The predicted octanol–water partition coefficient (Wildman–Crippen LogP) is 0.237. The monoisotopic (exact) mass is 216 g/mol. The van der Waals surface area contributed by atoms with E-state index in [1.54, 1.807) is 7.11 Å². The van der Waals surface area contributed by atoms with Gasteiger partial charge in [-0.3, -0.25) is 0 Å². The molecule has 0 aromatic carbocycles. The lowest BCUT2D eigenvalue weighted by atomic mass is 9.80. The molecule has 5 nitrogen and oxygen atoms in total. The van der Waals surface area contributed by atoms with Crippen LogP contribution in [0.2, 0.25) is 0 Å². The van der Waals surface area contributed by atoms with Crippen LogP contribution in [-0.4, -0.2) is 43.5 Å². The summed E-state index contributed by atoms with van der Waals surface area (Å²) in [5.41, 5.74) is -0.131. The van der Waals surface area contributed by atoms with Gasteiger partial charge in [0.15, 0.2) is 0 Å². The van der Waals surface area contributed by atoms with Crippen molar-refractivity contribution in [2.24, 2.45) is 0 Å². The summed E-state index contributed by atoms with van der Waals surface area (Å²) in [6, 6.07) is -0.188. The van der Waals surface area contributed by atoms with Gasteiger partial charge in [0.2, 0.25) is 0 Å². The summed E-state index contributed by atoms with van der Waals surface area (Å²) < 4.78 is 5.37. The molecule has 1 saturated carbocycles. The molecule has 2 amide bonds. The van der Waals surface area contributed by atoms with E-state index in [1.807, 2.05) is 0 Å². The number of carbonyl (C=O) groups excluding carboxylic acids is 1. The molecular formula is C10H20N2O3. The third-order valence-electron chi connectivity index (χ3n) is 2.89. The fourth-order valence-electron chi connectivity index (χ4n) is 1.61. The smallest absolute Gasteiger partial charge is 0.314 e. The van der Waals surface area contributed by atoms with Crippen LogP contribution < -0.4 is 10.6 Å². The average molecular weight is 216 g/mol. The minimum Gasteiger partial charge on any atom is -0.396 e. The molecule has 0 radical (unpaired) electrons. The van der Waals surface area contributed by atoms with E-state index in [0.717, 1.165) is 12.8 Å². The van der Waals surface area contributed by atoms with Crippen LogP contribution in [0.3, 0.4) is 0 Å². The zero-order valence-electron chi connectivity index (χ0n) is 9.21. The zero-order valence-corrected chi connectivity index (χ0v) is 9.21. The van der Waals surface area contributed by atoms with Crippen molar-refractivity contribution < 1.29 is 14.6 Å². The van der Waals surface area contributed by atoms with Gasteiger partial charge >= 0.3 is 6.03 Å². The molecule has 0 heterocycles. The first-order chi connectivity index (χ1) is 7.22. The van der Waals surface area contributed by atoms with Crippen molar-refractivity contribution in [1.29, 1.82) is 0 Å². The largest absolute Gasteiger partial charge is 0.396 e. The summed E-state index contributed by atoms with van der Waals surface area (Å²) in [5, 5.41) is 14.0. The van der Waals surface area contributed by atoms with Crippen LogP contribution >= 0.6 is 0 Å². The molecule has 0 aromatic heterocycles. The molecule has 0 bridgehead atoms. The lowest BCUT2D eigenvalue weighted by Crippen LogP contribution is -2.51. The Morgan fingerprint density at radius 3 is 2.67 bits per heavy atom. The summed E-state index contributed by atoms with van der Waals surface area (Å²) in [6.45, 7) is 1.17. The van der Waals surface area contributed by atoms with E-state index in [4.69, 9.17) is 9.84 Å². The van der Waals surface area contributed by atoms with Gasteiger partial charge in [-0.15, -0.1) is 0 Å². The van der Waals surface area contributed by atoms with E-state index in [-0.39, 0.29) is 18.2 Å². The van der Waals surface area contributed by atoms with Gasteiger partial charge in [0, 0.05) is 26.8 Å². The Morgan fingerprint density at radius 1 is 1.47 bits per heavy atom. The highest BCUT2D eigenvalue weighted by molar-refractivity contribution is 5.73. The molecule has 1 aliphatic rings. The van der Waals surface area contributed by atoms with Crippen LogP contribution in [0.5, 0.6) is 0 Å². The van der Waals surface area contributed by atoms with Crippen molar-refractivity contribution in [3.63, 3.8) is 0 Å². The second kappa shape index (κ2) is 5.92. The van der Waals surface area contributed by atoms with E-state index in [2.05, 4.69) is 10.6 Å². The number of rotatable bonds is 6. The van der Waals surface area contributed by atoms with Gasteiger partial charge in [-0.05, 0) is 25.7 Å². The van der Waals surface area contributed by atoms with Crippen LogP contribution in [0, 0.1) is 0 Å². The molecule has 0 spiro atoms. The number of hydrogen-bond acceptors (Lipinski definition) is 3. The van der Waals surface area contributed by atoms with Crippen LogP contribution in [0.25, 0.3) is 0 Å². The summed E-state index contributed by atoms with van der Waals surface area (Å²) in [6.07, 6.45) is 3.78. The number of hydrogen-bond donors (Lipinski definition) is 3. The highest BCUT2D eigenvalue weighted by Gasteiger charge is 2.37. The molecule has 1 aliphatic carbocycles. The van der Waals surface area contributed by atoms with Crippen molar-refractivity contribution in [2.45, 2.75) is 31.3 Å². The van der Waals surface area contributed by atoms with Gasteiger partial charge < -0.3 is 20.5 Å². The Hall–Kier alpha value is -0.810. The number of aliphatic hydroxyl groups excluding tert-OH is 1. The summed E-state index contributed by atoms with van der Waals surface area (Å²) in [5.74, 6) is 0. The molecule has 1 rings (SSSR count). The Bertz CT molecular complexity index is 199. The molecule has 0 unspecified atom stereocenters. The molecule has 0 atom stereocenters. The van der Waals surface area contributed by atoms with E-state index < -0.39 is 0 Å². The normalized spacial score (nSPS) is 18.0. The maximum Gasteiger partial charge on any atom is 0.314 e. The number of ether oxygens (including phenoxy) is 1. The van der Waals surface area contributed by atoms with Crippen LogP contribution in [0.4, 0.5) is 4.79 Å². The molecule has 0 aliphatic heterocycles. The van der Waals surface area contributed by atoms with Gasteiger partial charge in [-0.2, -0.15) is 0 Å². The van der Waals surface area contributed by atoms with Crippen molar-refractivity contribution in [3.05, 3.63) is 0 Å². The highest BCUT2D eigenvalue weighted by Crippen LogP contribution is 2.34. The number of amides is 2. The van der Waals surface area contributed by atoms with E-state index in [0.29, 0.717) is 19.5 Å². The van der Waals surface area contributed by atoms with Gasteiger partial charge in [0.05, 0.1) is 5.60 Å². The molecule has 88 valence electrons. The average Bonchev–Trinajstić information content (AvgIpc) is 2.17. The van der Waals surface area contributed by atoms with Gasteiger partial charge in [-0.25, -0.2) is 4.79 Å². The number of carbonyl (C=O) groups is 1. The maximum absolute atomic E-state index is 11.3. The van der Waals surface area contributed by atoms with Crippen molar-refractivity contribution in [3.8, 4) is 0 Å². The number of aliphatic hydroxyl groups is 1. The minimum atomic E-state index is -0.188. The molecule has 5 heteroatoms. The lowest BCUT2D eigenvalue weighted by molar-refractivity contribution is -0.0673. The summed E-state index contributed by atoms with van der Waals surface area (Å²) in [4.78, 5) is 11.3. The Kier molecular flexibility index (Phi) is 4.84. The van der Waals surface area contributed by atoms with E-state index >= 15 is 0 Å². The van der Waals surface area contributed by atoms with Crippen molar-refractivity contribution in [2.75, 3.05) is 26.8 Å². The van der Waals surface area contributed by atoms with Gasteiger partial charge in [-0.1, -0.05) is 0 Å². The molecule has 0 aromatic rings. The first-order valence-electron chi connectivity index (χ1n) is 5.40. The SMILES string of the molecule is COC1(CNC(=O)NCCCO)CCC1. The van der Waals surface area contributed by atoms with Crippen LogP contribution in [0.1, 0.15) is 25.7 Å². The lowest BCUT2D eigenvalue weighted by Gasteiger charge is -2.40. The van der Waals surface area contributed by atoms with Gasteiger partial charge in [0.1, 0.15) is 0 Å². The maximum atomic E-state index is 11.3. The number of nitrogens with one attached hydrogen (secondary N) is 2. The number of urea groups is 1. The quantitative estimate of drug-likeness (QED) is 0.557. The van der Waals surface area contributed by atoms with Crippen LogP contribution in [-0.2, 0) is 4.74 Å². The van der Waals surface area contributed by atoms with Crippen molar-refractivity contribution in [1.82, 2.24) is 10.6 Å². The molecule has 1 fully saturated rings. The van der Waals surface area contributed by atoms with Crippen LogP contribution in [0.15, 0.2) is 0 Å². The topological polar surface area (TPSA) is 70.6 Å². The second-order valence-electron chi connectivity index (χ2n) is 3.93.